The second-order valence-electron chi connectivity index (χ2n) is 5.50. The zero-order valence-corrected chi connectivity index (χ0v) is 12.2. The molecule has 1 aromatic heterocycles. The van der Waals surface area contributed by atoms with Crippen molar-refractivity contribution in [3.8, 4) is 17.1 Å². The second kappa shape index (κ2) is 4.52. The lowest BCUT2D eigenvalue weighted by Gasteiger charge is -2.20. The van der Waals surface area contributed by atoms with Crippen molar-refractivity contribution in [3.63, 3.8) is 0 Å². The van der Waals surface area contributed by atoms with Crippen LogP contribution in [0.2, 0.25) is 0 Å². The highest BCUT2D eigenvalue weighted by molar-refractivity contribution is 5.84. The van der Waals surface area contributed by atoms with Gasteiger partial charge < -0.3 is 15.0 Å². The van der Waals surface area contributed by atoms with E-state index in [0.717, 1.165) is 40.4 Å². The standard InChI is InChI=1S/C17H17N3O/c1-10-8-14-15(9-11(10)2)20-17(19-14)12-4-3-5-13-16(12)21-7-6-18-13/h3-5,8-9,18H,6-7H2,1-2H3,(H,19,20). The predicted octanol–water partition coefficient (Wildman–Crippen LogP) is 3.65. The Hall–Kier alpha value is -2.49. The number of aryl methyl sites for hydroxylation is 2. The first-order valence-corrected chi connectivity index (χ1v) is 7.19. The molecule has 21 heavy (non-hydrogen) atoms. The molecule has 2 heterocycles. The fourth-order valence-corrected chi connectivity index (χ4v) is 2.75. The first kappa shape index (κ1) is 12.3. The van der Waals surface area contributed by atoms with E-state index >= 15 is 0 Å². The topological polar surface area (TPSA) is 49.9 Å². The Bertz CT molecular complexity index is 796. The van der Waals surface area contributed by atoms with Crippen LogP contribution in [0.25, 0.3) is 22.4 Å². The van der Waals surface area contributed by atoms with Crippen molar-refractivity contribution in [2.45, 2.75) is 13.8 Å². The number of ether oxygens (including phenoxy) is 1. The van der Waals surface area contributed by atoms with Crippen molar-refractivity contribution in [3.05, 3.63) is 41.5 Å². The fraction of sp³-hybridized carbons (Fsp3) is 0.235. The fourth-order valence-electron chi connectivity index (χ4n) is 2.75. The zero-order valence-electron chi connectivity index (χ0n) is 12.2. The van der Waals surface area contributed by atoms with Crippen LogP contribution in [-0.2, 0) is 0 Å². The first-order chi connectivity index (χ1) is 10.2. The molecule has 0 atom stereocenters. The third kappa shape index (κ3) is 1.95. The molecule has 0 fully saturated rings. The molecule has 2 aromatic carbocycles. The monoisotopic (exact) mass is 279 g/mol. The molecule has 4 rings (SSSR count). The minimum Gasteiger partial charge on any atom is -0.489 e. The van der Waals surface area contributed by atoms with Crippen LogP contribution in [0.4, 0.5) is 5.69 Å². The van der Waals surface area contributed by atoms with Crippen LogP contribution in [0, 0.1) is 13.8 Å². The normalized spacial score (nSPS) is 13.6. The van der Waals surface area contributed by atoms with Crippen LogP contribution in [0.15, 0.2) is 30.3 Å². The lowest BCUT2D eigenvalue weighted by atomic mass is 10.1. The minimum absolute atomic E-state index is 0.683. The SMILES string of the molecule is Cc1cc2nc(-c3cccc4c3OCCN4)[nH]c2cc1C. The number of imidazole rings is 1. The summed E-state index contributed by atoms with van der Waals surface area (Å²) in [6.07, 6.45) is 0. The molecule has 0 unspecified atom stereocenters. The van der Waals surface area contributed by atoms with Crippen molar-refractivity contribution < 1.29 is 4.74 Å². The van der Waals surface area contributed by atoms with Gasteiger partial charge in [0.15, 0.2) is 5.75 Å². The van der Waals surface area contributed by atoms with Gasteiger partial charge in [0.1, 0.15) is 12.4 Å². The molecule has 1 aliphatic heterocycles. The molecular weight excluding hydrogens is 262 g/mol. The number of hydrogen-bond acceptors (Lipinski definition) is 3. The number of para-hydroxylation sites is 1. The minimum atomic E-state index is 0.683. The summed E-state index contributed by atoms with van der Waals surface area (Å²) in [5.41, 5.74) is 6.63. The van der Waals surface area contributed by atoms with Crippen molar-refractivity contribution >= 4 is 16.7 Å². The highest BCUT2D eigenvalue weighted by atomic mass is 16.5. The van der Waals surface area contributed by atoms with E-state index < -0.39 is 0 Å². The molecular formula is C17H17N3O. The summed E-state index contributed by atoms with van der Waals surface area (Å²) >= 11 is 0. The molecule has 1 aliphatic rings. The third-order valence-corrected chi connectivity index (χ3v) is 4.03. The molecule has 3 aromatic rings. The van der Waals surface area contributed by atoms with E-state index in [1.165, 1.54) is 11.1 Å². The van der Waals surface area contributed by atoms with Gasteiger partial charge in [0.25, 0.3) is 0 Å². The molecule has 0 radical (unpaired) electrons. The number of aromatic nitrogens is 2. The molecule has 2 N–H and O–H groups in total. The number of hydrogen-bond donors (Lipinski definition) is 2. The summed E-state index contributed by atoms with van der Waals surface area (Å²) in [5, 5.41) is 3.36. The van der Waals surface area contributed by atoms with E-state index in [-0.39, 0.29) is 0 Å². The van der Waals surface area contributed by atoms with Gasteiger partial charge >= 0.3 is 0 Å². The van der Waals surface area contributed by atoms with Crippen molar-refractivity contribution in [1.29, 1.82) is 0 Å². The van der Waals surface area contributed by atoms with Gasteiger partial charge in [-0.3, -0.25) is 0 Å². The van der Waals surface area contributed by atoms with Gasteiger partial charge in [-0.05, 0) is 49.2 Å². The van der Waals surface area contributed by atoms with E-state index in [1.54, 1.807) is 0 Å². The predicted molar refractivity (Wildman–Crippen MR) is 85.0 cm³/mol. The summed E-state index contributed by atoms with van der Waals surface area (Å²) < 4.78 is 5.83. The Morgan fingerprint density at radius 3 is 2.90 bits per heavy atom. The maximum absolute atomic E-state index is 5.83. The van der Waals surface area contributed by atoms with Gasteiger partial charge in [-0.15, -0.1) is 0 Å². The third-order valence-electron chi connectivity index (χ3n) is 4.03. The number of nitrogens with one attached hydrogen (secondary N) is 2. The quantitative estimate of drug-likeness (QED) is 0.715. The van der Waals surface area contributed by atoms with E-state index in [0.29, 0.717) is 6.61 Å². The number of nitrogens with zero attached hydrogens (tertiary/aromatic N) is 1. The lowest BCUT2D eigenvalue weighted by Crippen LogP contribution is -2.18. The molecule has 0 aliphatic carbocycles. The van der Waals surface area contributed by atoms with Crippen molar-refractivity contribution in [2.24, 2.45) is 0 Å². The van der Waals surface area contributed by atoms with E-state index in [9.17, 15) is 0 Å². The number of rotatable bonds is 1. The zero-order chi connectivity index (χ0) is 14.4. The Labute approximate surface area is 123 Å². The molecule has 0 spiro atoms. The van der Waals surface area contributed by atoms with Gasteiger partial charge in [0.2, 0.25) is 0 Å². The van der Waals surface area contributed by atoms with Gasteiger partial charge in [0, 0.05) is 6.54 Å². The van der Waals surface area contributed by atoms with Crippen LogP contribution in [0.1, 0.15) is 11.1 Å². The van der Waals surface area contributed by atoms with Gasteiger partial charge in [-0.25, -0.2) is 4.98 Å². The number of H-pyrrole nitrogens is 1. The van der Waals surface area contributed by atoms with Gasteiger partial charge in [0.05, 0.1) is 22.3 Å². The Kier molecular flexibility index (Phi) is 2.64. The number of aromatic amines is 1. The average molecular weight is 279 g/mol. The Balaban J connectivity index is 1.91. The van der Waals surface area contributed by atoms with Gasteiger partial charge in [-0.1, -0.05) is 6.07 Å². The molecule has 4 heteroatoms. The number of benzene rings is 2. The molecule has 0 saturated carbocycles. The van der Waals surface area contributed by atoms with E-state index in [4.69, 9.17) is 9.72 Å². The molecule has 106 valence electrons. The average Bonchev–Trinajstić information content (AvgIpc) is 2.90. The summed E-state index contributed by atoms with van der Waals surface area (Å²) in [6, 6.07) is 10.4. The highest BCUT2D eigenvalue weighted by Gasteiger charge is 2.17. The summed E-state index contributed by atoms with van der Waals surface area (Å²) in [4.78, 5) is 8.14. The van der Waals surface area contributed by atoms with E-state index in [1.807, 2.05) is 18.2 Å². The molecule has 4 nitrogen and oxygen atoms in total. The molecule has 0 amide bonds. The smallest absolute Gasteiger partial charge is 0.153 e. The molecule has 0 saturated heterocycles. The summed E-state index contributed by atoms with van der Waals surface area (Å²) in [7, 11) is 0. The Morgan fingerprint density at radius 2 is 2.00 bits per heavy atom. The van der Waals surface area contributed by atoms with Crippen LogP contribution in [-0.4, -0.2) is 23.1 Å². The van der Waals surface area contributed by atoms with Crippen LogP contribution < -0.4 is 10.1 Å². The van der Waals surface area contributed by atoms with Crippen molar-refractivity contribution in [2.75, 3.05) is 18.5 Å². The largest absolute Gasteiger partial charge is 0.489 e. The summed E-state index contributed by atoms with van der Waals surface area (Å²) in [6.45, 7) is 5.75. The summed E-state index contributed by atoms with van der Waals surface area (Å²) in [5.74, 6) is 1.74. The first-order valence-electron chi connectivity index (χ1n) is 7.19. The van der Waals surface area contributed by atoms with Crippen LogP contribution >= 0.6 is 0 Å². The highest BCUT2D eigenvalue weighted by Crippen LogP contribution is 2.37. The number of fused-ring (bicyclic) bond motifs is 2. The number of anilines is 1. The van der Waals surface area contributed by atoms with E-state index in [2.05, 4.69) is 36.3 Å². The second-order valence-corrected chi connectivity index (χ2v) is 5.50. The maximum Gasteiger partial charge on any atom is 0.153 e. The molecule has 0 bridgehead atoms. The van der Waals surface area contributed by atoms with Gasteiger partial charge in [-0.2, -0.15) is 0 Å². The Morgan fingerprint density at radius 1 is 1.14 bits per heavy atom. The van der Waals surface area contributed by atoms with Crippen molar-refractivity contribution in [1.82, 2.24) is 9.97 Å². The van der Waals surface area contributed by atoms with Crippen LogP contribution in [0.5, 0.6) is 5.75 Å². The maximum atomic E-state index is 5.83. The van der Waals surface area contributed by atoms with Crippen LogP contribution in [0.3, 0.4) is 0 Å². The lowest BCUT2D eigenvalue weighted by molar-refractivity contribution is 0.324.